The average Bonchev–Trinajstić information content (AvgIpc) is 2.40. The predicted molar refractivity (Wildman–Crippen MR) is 63.2 cm³/mol. The first-order valence-electron chi connectivity index (χ1n) is 5.84. The zero-order valence-electron chi connectivity index (χ0n) is 10.3. The molecule has 6 nitrogen and oxygen atoms in total. The third-order valence-corrected chi connectivity index (χ3v) is 3.00. The molecule has 0 unspecified atom stereocenters. The van der Waals surface area contributed by atoms with Crippen molar-refractivity contribution in [1.29, 1.82) is 0 Å². The van der Waals surface area contributed by atoms with E-state index in [1.165, 1.54) is 0 Å². The molecule has 0 radical (unpaired) electrons. The van der Waals surface area contributed by atoms with E-state index in [1.54, 1.807) is 0 Å². The van der Waals surface area contributed by atoms with Gasteiger partial charge in [-0.05, 0) is 12.5 Å². The van der Waals surface area contributed by atoms with Crippen molar-refractivity contribution >= 4 is 17.4 Å². The van der Waals surface area contributed by atoms with Crippen molar-refractivity contribution in [3.63, 3.8) is 0 Å². The number of hydrogen-bond donors (Lipinski definition) is 0. The summed E-state index contributed by atoms with van der Waals surface area (Å²) in [7, 11) is 0. The molecular weight excluding hydrogens is 274 g/mol. The smallest absolute Gasteiger partial charge is 0.285 e. The summed E-state index contributed by atoms with van der Waals surface area (Å²) in [6.07, 6.45) is 0.783. The van der Waals surface area contributed by atoms with E-state index in [1.807, 2.05) is 0 Å². The highest BCUT2D eigenvalue weighted by atomic mass is 19.2. The molecule has 1 aromatic rings. The molecule has 1 heterocycles. The molecule has 1 fully saturated rings. The Morgan fingerprint density at radius 3 is 2.55 bits per heavy atom. The Labute approximate surface area is 112 Å². The lowest BCUT2D eigenvalue weighted by Gasteiger charge is -2.25. The molecule has 1 amide bonds. The van der Waals surface area contributed by atoms with Crippen LogP contribution in [-0.4, -0.2) is 34.6 Å². The van der Waals surface area contributed by atoms with Crippen molar-refractivity contribution in [2.75, 3.05) is 13.1 Å². The number of rotatable bonds is 2. The standard InChI is InChI=1S/C12H10F2N2O4/c13-9-4-8(11(16(19)20)5-10(9)14)12(18)15-3-1-2-7(17)6-15/h4-5H,1-3,6H2. The lowest BCUT2D eigenvalue weighted by Crippen LogP contribution is -2.40. The van der Waals surface area contributed by atoms with Crippen LogP contribution in [-0.2, 0) is 4.79 Å². The van der Waals surface area contributed by atoms with Gasteiger partial charge < -0.3 is 4.90 Å². The molecule has 0 atom stereocenters. The van der Waals surface area contributed by atoms with Gasteiger partial charge in [0.25, 0.3) is 11.6 Å². The lowest BCUT2D eigenvalue weighted by atomic mass is 10.1. The van der Waals surface area contributed by atoms with Gasteiger partial charge in [0.15, 0.2) is 17.4 Å². The number of carbonyl (C=O) groups is 2. The van der Waals surface area contributed by atoms with Crippen molar-refractivity contribution in [1.82, 2.24) is 4.90 Å². The van der Waals surface area contributed by atoms with E-state index in [0.717, 1.165) is 4.90 Å². The van der Waals surface area contributed by atoms with Crippen LogP contribution in [0.15, 0.2) is 12.1 Å². The Morgan fingerprint density at radius 2 is 1.95 bits per heavy atom. The second-order valence-electron chi connectivity index (χ2n) is 4.41. The number of amides is 1. The van der Waals surface area contributed by atoms with E-state index in [9.17, 15) is 28.5 Å². The number of Topliss-reactive ketones (excluding diaryl/α,β-unsaturated/α-hetero) is 1. The van der Waals surface area contributed by atoms with Gasteiger partial charge in [-0.1, -0.05) is 0 Å². The van der Waals surface area contributed by atoms with Gasteiger partial charge in [-0.25, -0.2) is 8.78 Å². The highest BCUT2D eigenvalue weighted by Crippen LogP contribution is 2.24. The zero-order valence-corrected chi connectivity index (χ0v) is 10.3. The van der Waals surface area contributed by atoms with E-state index in [0.29, 0.717) is 25.0 Å². The second-order valence-corrected chi connectivity index (χ2v) is 4.41. The molecule has 20 heavy (non-hydrogen) atoms. The molecule has 1 aromatic carbocycles. The molecule has 8 heteroatoms. The van der Waals surface area contributed by atoms with Gasteiger partial charge in [-0.2, -0.15) is 0 Å². The van der Waals surface area contributed by atoms with Gasteiger partial charge in [0.1, 0.15) is 5.56 Å². The number of carbonyl (C=O) groups excluding carboxylic acids is 2. The molecule has 1 saturated heterocycles. The number of likely N-dealkylation sites (tertiary alicyclic amines) is 1. The number of nitro benzene ring substituents is 1. The summed E-state index contributed by atoms with van der Waals surface area (Å²) in [5, 5.41) is 10.8. The van der Waals surface area contributed by atoms with Crippen LogP contribution in [0.4, 0.5) is 14.5 Å². The minimum Gasteiger partial charge on any atom is -0.331 e. The van der Waals surface area contributed by atoms with Crippen molar-refractivity contribution in [2.45, 2.75) is 12.8 Å². The zero-order chi connectivity index (χ0) is 14.9. The Kier molecular flexibility index (Phi) is 3.73. The molecule has 1 aliphatic rings. The third kappa shape index (κ3) is 2.63. The van der Waals surface area contributed by atoms with Crippen LogP contribution in [0.2, 0.25) is 0 Å². The largest absolute Gasteiger partial charge is 0.331 e. The third-order valence-electron chi connectivity index (χ3n) is 3.00. The minimum atomic E-state index is -1.40. The SMILES string of the molecule is O=C1CCCN(C(=O)c2cc(F)c(F)cc2[N+](=O)[O-])C1. The van der Waals surface area contributed by atoms with Crippen LogP contribution < -0.4 is 0 Å². The number of hydrogen-bond acceptors (Lipinski definition) is 4. The number of benzene rings is 1. The quantitative estimate of drug-likeness (QED) is 0.611. The predicted octanol–water partition coefficient (Wildman–Crippen LogP) is 1.68. The second kappa shape index (κ2) is 5.32. The molecule has 0 saturated carbocycles. The highest BCUT2D eigenvalue weighted by molar-refractivity contribution is 6.00. The number of piperidine rings is 1. The normalized spacial score (nSPS) is 15.3. The fraction of sp³-hybridized carbons (Fsp3) is 0.333. The van der Waals surface area contributed by atoms with E-state index in [-0.39, 0.29) is 18.9 Å². The van der Waals surface area contributed by atoms with E-state index < -0.39 is 33.7 Å². The summed E-state index contributed by atoms with van der Waals surface area (Å²) in [6, 6.07) is 0.864. The molecule has 106 valence electrons. The van der Waals surface area contributed by atoms with Crippen molar-refractivity contribution in [2.24, 2.45) is 0 Å². The van der Waals surface area contributed by atoms with Crippen molar-refractivity contribution in [3.05, 3.63) is 39.4 Å². The van der Waals surface area contributed by atoms with Gasteiger partial charge in [0, 0.05) is 13.0 Å². The maximum Gasteiger partial charge on any atom is 0.285 e. The molecule has 1 aliphatic heterocycles. The molecule has 0 spiro atoms. The van der Waals surface area contributed by atoms with Gasteiger partial charge >= 0.3 is 0 Å². The number of ketones is 1. The monoisotopic (exact) mass is 284 g/mol. The van der Waals surface area contributed by atoms with Crippen molar-refractivity contribution < 1.29 is 23.3 Å². The maximum absolute atomic E-state index is 13.2. The van der Waals surface area contributed by atoms with Gasteiger partial charge in [0.2, 0.25) is 0 Å². The first-order valence-corrected chi connectivity index (χ1v) is 5.84. The fourth-order valence-corrected chi connectivity index (χ4v) is 2.04. The Balaban J connectivity index is 2.40. The fourth-order valence-electron chi connectivity index (χ4n) is 2.04. The van der Waals surface area contributed by atoms with Crippen LogP contribution in [0.25, 0.3) is 0 Å². The summed E-state index contributed by atoms with van der Waals surface area (Å²) >= 11 is 0. The van der Waals surface area contributed by atoms with Crippen LogP contribution in [0, 0.1) is 21.7 Å². The molecule has 0 N–H and O–H groups in total. The Morgan fingerprint density at radius 1 is 1.30 bits per heavy atom. The Bertz CT molecular complexity index is 603. The summed E-state index contributed by atoms with van der Waals surface area (Å²) in [6.45, 7) is 0.0791. The van der Waals surface area contributed by atoms with E-state index in [2.05, 4.69) is 0 Å². The number of nitro groups is 1. The average molecular weight is 284 g/mol. The molecule has 2 rings (SSSR count). The molecular formula is C12H10F2N2O4. The summed E-state index contributed by atoms with van der Waals surface area (Å²) in [5.74, 6) is -3.76. The van der Waals surface area contributed by atoms with Gasteiger partial charge in [0.05, 0.1) is 17.5 Å². The van der Waals surface area contributed by atoms with Crippen LogP contribution in [0.1, 0.15) is 23.2 Å². The lowest BCUT2D eigenvalue weighted by molar-refractivity contribution is -0.385. The van der Waals surface area contributed by atoms with E-state index >= 15 is 0 Å². The molecule has 0 aliphatic carbocycles. The minimum absolute atomic E-state index is 0.171. The van der Waals surface area contributed by atoms with Crippen LogP contribution in [0.5, 0.6) is 0 Å². The van der Waals surface area contributed by atoms with E-state index in [4.69, 9.17) is 0 Å². The van der Waals surface area contributed by atoms with Gasteiger partial charge in [-0.3, -0.25) is 19.7 Å². The summed E-state index contributed by atoms with van der Waals surface area (Å²) in [4.78, 5) is 34.4. The number of nitrogens with zero attached hydrogens (tertiary/aromatic N) is 2. The first kappa shape index (κ1) is 14.0. The molecule has 0 aromatic heterocycles. The maximum atomic E-state index is 13.2. The van der Waals surface area contributed by atoms with Gasteiger partial charge in [-0.15, -0.1) is 0 Å². The summed E-state index contributed by atoms with van der Waals surface area (Å²) in [5.41, 5.74) is -1.37. The molecule has 0 bridgehead atoms. The highest BCUT2D eigenvalue weighted by Gasteiger charge is 2.29. The van der Waals surface area contributed by atoms with Crippen LogP contribution >= 0.6 is 0 Å². The topological polar surface area (TPSA) is 80.5 Å². The van der Waals surface area contributed by atoms with Crippen LogP contribution in [0.3, 0.4) is 0 Å². The summed E-state index contributed by atoms with van der Waals surface area (Å²) < 4.78 is 26.2. The number of halogens is 2. The van der Waals surface area contributed by atoms with Crippen molar-refractivity contribution in [3.8, 4) is 0 Å². The first-order chi connectivity index (χ1) is 9.40. The Hall–Kier alpha value is -2.38.